The van der Waals surface area contributed by atoms with Crippen LogP contribution < -0.4 is 0 Å². The molecule has 1 amide bonds. The fourth-order valence-corrected chi connectivity index (χ4v) is 4.36. The SMILES string of the molecule is O=C(c1csc(Br)n1)N1CCCC2CCCCC21. The average molecular weight is 329 g/mol. The summed E-state index contributed by atoms with van der Waals surface area (Å²) in [7, 11) is 0. The second-order valence-corrected chi connectivity index (χ2v) is 7.37. The van der Waals surface area contributed by atoms with Crippen LogP contribution in [-0.4, -0.2) is 28.4 Å². The molecule has 1 saturated carbocycles. The van der Waals surface area contributed by atoms with E-state index in [9.17, 15) is 4.79 Å². The summed E-state index contributed by atoms with van der Waals surface area (Å²) in [6.45, 7) is 0.912. The van der Waals surface area contributed by atoms with Crippen molar-refractivity contribution in [1.29, 1.82) is 0 Å². The Kier molecular flexibility index (Phi) is 3.71. The largest absolute Gasteiger partial charge is 0.334 e. The van der Waals surface area contributed by atoms with E-state index in [1.165, 1.54) is 43.4 Å². The highest BCUT2D eigenvalue weighted by atomic mass is 79.9. The quantitative estimate of drug-likeness (QED) is 0.787. The minimum Gasteiger partial charge on any atom is -0.334 e. The molecule has 1 aromatic rings. The van der Waals surface area contributed by atoms with E-state index in [4.69, 9.17) is 0 Å². The molecule has 1 aliphatic heterocycles. The number of carbonyl (C=O) groups excluding carboxylic acids is 1. The van der Waals surface area contributed by atoms with Crippen molar-refractivity contribution in [2.75, 3.05) is 6.54 Å². The summed E-state index contributed by atoms with van der Waals surface area (Å²) in [6, 6.07) is 0.473. The first-order chi connectivity index (χ1) is 8.75. The van der Waals surface area contributed by atoms with Crippen molar-refractivity contribution in [3.05, 3.63) is 15.0 Å². The molecule has 2 fully saturated rings. The fraction of sp³-hybridized carbons (Fsp3) is 0.692. The monoisotopic (exact) mass is 328 g/mol. The van der Waals surface area contributed by atoms with Gasteiger partial charge < -0.3 is 4.90 Å². The number of nitrogens with zero attached hydrogens (tertiary/aromatic N) is 2. The van der Waals surface area contributed by atoms with Crippen molar-refractivity contribution >= 4 is 33.2 Å². The third kappa shape index (κ3) is 2.35. The van der Waals surface area contributed by atoms with Gasteiger partial charge in [0.1, 0.15) is 5.69 Å². The molecule has 3 nitrogen and oxygen atoms in total. The van der Waals surface area contributed by atoms with E-state index in [1.807, 2.05) is 5.38 Å². The fourth-order valence-electron chi connectivity index (χ4n) is 3.37. The van der Waals surface area contributed by atoms with Crippen LogP contribution in [-0.2, 0) is 0 Å². The predicted molar refractivity (Wildman–Crippen MR) is 75.8 cm³/mol. The Morgan fingerprint density at radius 1 is 1.33 bits per heavy atom. The first-order valence-electron chi connectivity index (χ1n) is 6.67. The summed E-state index contributed by atoms with van der Waals surface area (Å²) >= 11 is 4.81. The van der Waals surface area contributed by atoms with Crippen molar-refractivity contribution in [3.63, 3.8) is 0 Å². The van der Waals surface area contributed by atoms with Crippen molar-refractivity contribution in [1.82, 2.24) is 9.88 Å². The number of halogens is 1. The molecule has 1 aliphatic carbocycles. The zero-order valence-corrected chi connectivity index (χ0v) is 12.7. The van der Waals surface area contributed by atoms with Crippen molar-refractivity contribution in [2.45, 2.75) is 44.6 Å². The van der Waals surface area contributed by atoms with Gasteiger partial charge in [-0.15, -0.1) is 11.3 Å². The van der Waals surface area contributed by atoms with Gasteiger partial charge in [0.2, 0.25) is 0 Å². The Morgan fingerprint density at radius 2 is 2.11 bits per heavy atom. The summed E-state index contributed by atoms with van der Waals surface area (Å²) in [5.41, 5.74) is 0.609. The molecule has 1 saturated heterocycles. The number of carbonyl (C=O) groups is 1. The number of thiazole rings is 1. The number of amides is 1. The van der Waals surface area contributed by atoms with Crippen molar-refractivity contribution in [3.8, 4) is 0 Å². The minimum absolute atomic E-state index is 0.133. The topological polar surface area (TPSA) is 33.2 Å². The summed E-state index contributed by atoms with van der Waals surface area (Å²) in [5.74, 6) is 0.868. The summed E-state index contributed by atoms with van der Waals surface area (Å²) < 4.78 is 0.794. The lowest BCUT2D eigenvalue weighted by atomic mass is 9.78. The molecule has 3 rings (SSSR count). The van der Waals surface area contributed by atoms with Crippen LogP contribution in [0.3, 0.4) is 0 Å². The van der Waals surface area contributed by atoms with Crippen LogP contribution in [0.15, 0.2) is 9.30 Å². The maximum Gasteiger partial charge on any atom is 0.273 e. The van der Waals surface area contributed by atoms with Gasteiger partial charge in [0.05, 0.1) is 0 Å². The van der Waals surface area contributed by atoms with Crippen LogP contribution in [0.25, 0.3) is 0 Å². The lowest BCUT2D eigenvalue weighted by Crippen LogP contribution is -2.49. The second-order valence-electron chi connectivity index (χ2n) is 5.24. The molecule has 2 aliphatic rings. The molecule has 2 heterocycles. The zero-order chi connectivity index (χ0) is 12.5. The van der Waals surface area contributed by atoms with E-state index >= 15 is 0 Å². The average Bonchev–Trinajstić information content (AvgIpc) is 2.84. The van der Waals surface area contributed by atoms with Crippen molar-refractivity contribution < 1.29 is 4.79 Å². The number of piperidine rings is 1. The number of likely N-dealkylation sites (tertiary alicyclic amines) is 1. The van der Waals surface area contributed by atoms with Gasteiger partial charge in [-0.1, -0.05) is 12.8 Å². The number of hydrogen-bond acceptors (Lipinski definition) is 3. The highest BCUT2D eigenvalue weighted by molar-refractivity contribution is 9.11. The Labute approximate surface area is 120 Å². The van der Waals surface area contributed by atoms with Gasteiger partial charge in [0, 0.05) is 18.0 Å². The van der Waals surface area contributed by atoms with Crippen molar-refractivity contribution in [2.24, 2.45) is 5.92 Å². The van der Waals surface area contributed by atoms with Crippen LogP contribution in [0.1, 0.15) is 49.0 Å². The lowest BCUT2D eigenvalue weighted by molar-refractivity contribution is 0.0386. The molecular formula is C13H17BrN2OS. The zero-order valence-electron chi connectivity index (χ0n) is 10.3. The van der Waals surface area contributed by atoms with E-state index in [0.29, 0.717) is 11.7 Å². The molecule has 0 bridgehead atoms. The maximum atomic E-state index is 12.5. The number of hydrogen-bond donors (Lipinski definition) is 0. The lowest BCUT2D eigenvalue weighted by Gasteiger charge is -2.43. The molecule has 18 heavy (non-hydrogen) atoms. The van der Waals surface area contributed by atoms with Gasteiger partial charge in [-0.2, -0.15) is 0 Å². The van der Waals surface area contributed by atoms with Gasteiger partial charge in [-0.3, -0.25) is 4.79 Å². The smallest absolute Gasteiger partial charge is 0.273 e. The Balaban J connectivity index is 1.79. The highest BCUT2D eigenvalue weighted by Crippen LogP contribution is 2.36. The highest BCUT2D eigenvalue weighted by Gasteiger charge is 2.36. The summed E-state index contributed by atoms with van der Waals surface area (Å²) in [6.07, 6.45) is 7.54. The standard InChI is InChI=1S/C13H17BrN2OS/c14-13-15-10(8-18-13)12(17)16-7-3-5-9-4-1-2-6-11(9)16/h8-9,11H,1-7H2. The molecule has 0 aromatic carbocycles. The Bertz CT molecular complexity index is 446. The molecule has 2 atom stereocenters. The third-order valence-electron chi connectivity index (χ3n) is 4.20. The normalized spacial score (nSPS) is 27.9. The van der Waals surface area contributed by atoms with Gasteiger partial charge in [-0.05, 0) is 47.5 Å². The van der Waals surface area contributed by atoms with Crippen LogP contribution in [0.4, 0.5) is 0 Å². The maximum absolute atomic E-state index is 12.5. The summed E-state index contributed by atoms with van der Waals surface area (Å²) in [4.78, 5) is 18.9. The molecule has 0 spiro atoms. The molecule has 0 N–H and O–H groups in total. The number of fused-ring (bicyclic) bond motifs is 1. The van der Waals surface area contributed by atoms with Gasteiger partial charge in [0.15, 0.2) is 3.92 Å². The predicted octanol–water partition coefficient (Wildman–Crippen LogP) is 3.70. The van der Waals surface area contributed by atoms with E-state index < -0.39 is 0 Å². The molecule has 1 aromatic heterocycles. The summed E-state index contributed by atoms with van der Waals surface area (Å²) in [5, 5.41) is 1.86. The van der Waals surface area contributed by atoms with Gasteiger partial charge in [0.25, 0.3) is 5.91 Å². The molecule has 2 unspecified atom stereocenters. The van der Waals surface area contributed by atoms with Gasteiger partial charge in [-0.25, -0.2) is 4.98 Å². The van der Waals surface area contributed by atoms with E-state index in [0.717, 1.165) is 22.8 Å². The molecule has 98 valence electrons. The van der Waals surface area contributed by atoms with Crippen LogP contribution >= 0.6 is 27.3 Å². The first-order valence-corrected chi connectivity index (χ1v) is 8.35. The molecular weight excluding hydrogens is 312 g/mol. The third-order valence-corrected chi connectivity index (χ3v) is 5.56. The van der Waals surface area contributed by atoms with Crippen LogP contribution in [0, 0.1) is 5.92 Å². The first kappa shape index (κ1) is 12.6. The van der Waals surface area contributed by atoms with E-state index in [2.05, 4.69) is 25.8 Å². The molecule has 5 heteroatoms. The second kappa shape index (κ2) is 5.29. The van der Waals surface area contributed by atoms with E-state index in [1.54, 1.807) is 0 Å². The molecule has 0 radical (unpaired) electrons. The van der Waals surface area contributed by atoms with E-state index in [-0.39, 0.29) is 5.91 Å². The number of aromatic nitrogens is 1. The Hall–Kier alpha value is -0.420. The van der Waals surface area contributed by atoms with Gasteiger partial charge >= 0.3 is 0 Å². The number of rotatable bonds is 1. The Morgan fingerprint density at radius 3 is 2.89 bits per heavy atom. The van der Waals surface area contributed by atoms with Crippen LogP contribution in [0.2, 0.25) is 0 Å². The minimum atomic E-state index is 0.133. The van der Waals surface area contributed by atoms with Crippen LogP contribution in [0.5, 0.6) is 0 Å².